The van der Waals surface area contributed by atoms with Crippen LogP contribution in [0.3, 0.4) is 0 Å². The molecule has 0 heterocycles. The van der Waals surface area contributed by atoms with Crippen molar-refractivity contribution in [2.24, 2.45) is 0 Å². The second-order valence-corrected chi connectivity index (χ2v) is 5.76. The van der Waals surface area contributed by atoms with Gasteiger partial charge in [0.2, 0.25) is 0 Å². The van der Waals surface area contributed by atoms with Gasteiger partial charge in [-0.15, -0.1) is 0 Å². The molecule has 20 heavy (non-hydrogen) atoms. The second-order valence-electron chi connectivity index (χ2n) is 5.76. The Morgan fingerprint density at radius 2 is 1.30 bits per heavy atom. The molecule has 0 saturated heterocycles. The summed E-state index contributed by atoms with van der Waals surface area (Å²) in [6.45, 7) is 5.31. The van der Waals surface area contributed by atoms with Crippen molar-refractivity contribution >= 4 is 5.91 Å². The molecule has 4 heteroatoms. The number of rotatable bonds is 7. The van der Waals surface area contributed by atoms with Crippen LogP contribution in [0.5, 0.6) is 0 Å². The van der Waals surface area contributed by atoms with Crippen molar-refractivity contribution in [3.8, 4) is 0 Å². The molecule has 0 aliphatic heterocycles. The molecule has 0 unspecified atom stereocenters. The third kappa shape index (κ3) is 5.72. The number of carbonyl (C=O) groups excluding carboxylic acids is 1. The molecule has 0 radical (unpaired) electrons. The van der Waals surface area contributed by atoms with E-state index in [1.807, 2.05) is 64.3 Å². The fourth-order valence-electron chi connectivity index (χ4n) is 1.84. The van der Waals surface area contributed by atoms with Gasteiger partial charge in [-0.1, -0.05) is 17.7 Å². The van der Waals surface area contributed by atoms with E-state index < -0.39 is 0 Å². The van der Waals surface area contributed by atoms with Crippen LogP contribution in [0.15, 0.2) is 24.3 Å². The standard InChI is InChI=1S/C16H27N3O/c1-14-6-8-15(9-7-14)16(20)19(12-10-17(2)3)13-11-18(4)5/h6-9H,10-13H2,1-5H3. The van der Waals surface area contributed by atoms with Gasteiger partial charge in [-0.05, 0) is 47.2 Å². The molecular formula is C16H27N3O. The first-order chi connectivity index (χ1) is 9.40. The highest BCUT2D eigenvalue weighted by atomic mass is 16.2. The Hall–Kier alpha value is -1.39. The fraction of sp³-hybridized carbons (Fsp3) is 0.562. The zero-order valence-corrected chi connectivity index (χ0v) is 13.4. The molecule has 1 aromatic rings. The maximum absolute atomic E-state index is 12.6. The van der Waals surface area contributed by atoms with Gasteiger partial charge in [-0.2, -0.15) is 0 Å². The van der Waals surface area contributed by atoms with Gasteiger partial charge in [0.25, 0.3) is 5.91 Å². The minimum atomic E-state index is 0.119. The molecule has 1 rings (SSSR count). The number of hydrogen-bond donors (Lipinski definition) is 0. The summed E-state index contributed by atoms with van der Waals surface area (Å²) in [5, 5.41) is 0. The first kappa shape index (κ1) is 16.7. The molecule has 0 aromatic heterocycles. The molecule has 0 spiro atoms. The maximum atomic E-state index is 12.6. The Kier molecular flexibility index (Phi) is 6.68. The first-order valence-electron chi connectivity index (χ1n) is 7.05. The fourth-order valence-corrected chi connectivity index (χ4v) is 1.84. The third-order valence-electron chi connectivity index (χ3n) is 3.22. The number of nitrogens with zero attached hydrogens (tertiary/aromatic N) is 3. The Balaban J connectivity index is 2.74. The monoisotopic (exact) mass is 277 g/mol. The van der Waals surface area contributed by atoms with Gasteiger partial charge in [-0.25, -0.2) is 0 Å². The van der Waals surface area contributed by atoms with Crippen molar-refractivity contribution in [3.63, 3.8) is 0 Å². The van der Waals surface area contributed by atoms with Gasteiger partial charge < -0.3 is 14.7 Å². The summed E-state index contributed by atoms with van der Waals surface area (Å²) < 4.78 is 0. The SMILES string of the molecule is Cc1ccc(C(=O)N(CCN(C)C)CCN(C)C)cc1. The van der Waals surface area contributed by atoms with Crippen molar-refractivity contribution < 1.29 is 4.79 Å². The number of likely N-dealkylation sites (N-methyl/N-ethyl adjacent to an activating group) is 2. The molecule has 112 valence electrons. The Morgan fingerprint density at radius 1 is 0.850 bits per heavy atom. The number of hydrogen-bond acceptors (Lipinski definition) is 3. The Bertz CT molecular complexity index is 400. The second kappa shape index (κ2) is 8.02. The summed E-state index contributed by atoms with van der Waals surface area (Å²) in [5.74, 6) is 0.119. The summed E-state index contributed by atoms with van der Waals surface area (Å²) in [7, 11) is 8.11. The van der Waals surface area contributed by atoms with Gasteiger partial charge in [-0.3, -0.25) is 4.79 Å². The maximum Gasteiger partial charge on any atom is 0.253 e. The van der Waals surface area contributed by atoms with Crippen LogP contribution >= 0.6 is 0 Å². The van der Waals surface area contributed by atoms with Gasteiger partial charge >= 0.3 is 0 Å². The number of amides is 1. The molecule has 0 N–H and O–H groups in total. The van der Waals surface area contributed by atoms with E-state index in [-0.39, 0.29) is 5.91 Å². The predicted octanol–water partition coefficient (Wildman–Crippen LogP) is 1.56. The van der Waals surface area contributed by atoms with Gasteiger partial charge in [0.1, 0.15) is 0 Å². The van der Waals surface area contributed by atoms with E-state index in [1.165, 1.54) is 5.56 Å². The summed E-state index contributed by atoms with van der Waals surface area (Å²) in [6, 6.07) is 7.80. The average molecular weight is 277 g/mol. The Labute approximate surface area is 123 Å². The van der Waals surface area contributed by atoms with Crippen LogP contribution in [0.2, 0.25) is 0 Å². The van der Waals surface area contributed by atoms with Crippen LogP contribution in [0, 0.1) is 6.92 Å². The molecule has 0 saturated carbocycles. The summed E-state index contributed by atoms with van der Waals surface area (Å²) in [5.41, 5.74) is 1.95. The van der Waals surface area contributed by atoms with Crippen molar-refractivity contribution in [1.29, 1.82) is 0 Å². The van der Waals surface area contributed by atoms with E-state index in [0.29, 0.717) is 0 Å². The van der Waals surface area contributed by atoms with Gasteiger partial charge in [0, 0.05) is 31.7 Å². The van der Waals surface area contributed by atoms with E-state index in [1.54, 1.807) is 0 Å². The summed E-state index contributed by atoms with van der Waals surface area (Å²) in [6.07, 6.45) is 0. The molecule has 0 bridgehead atoms. The van der Waals surface area contributed by atoms with Crippen LogP contribution in [-0.2, 0) is 0 Å². The lowest BCUT2D eigenvalue weighted by atomic mass is 10.1. The summed E-state index contributed by atoms with van der Waals surface area (Å²) in [4.78, 5) is 18.7. The molecule has 0 aliphatic rings. The lowest BCUT2D eigenvalue weighted by Gasteiger charge is -2.26. The molecule has 1 aromatic carbocycles. The van der Waals surface area contributed by atoms with Crippen molar-refractivity contribution in [2.45, 2.75) is 6.92 Å². The first-order valence-corrected chi connectivity index (χ1v) is 7.05. The number of aryl methyl sites for hydroxylation is 1. The highest BCUT2D eigenvalue weighted by Gasteiger charge is 2.15. The topological polar surface area (TPSA) is 26.8 Å². The lowest BCUT2D eigenvalue weighted by molar-refractivity contribution is 0.0734. The average Bonchev–Trinajstić information content (AvgIpc) is 2.38. The van der Waals surface area contributed by atoms with Gasteiger partial charge in [0.05, 0.1) is 0 Å². The van der Waals surface area contributed by atoms with E-state index in [2.05, 4.69) is 9.80 Å². The van der Waals surface area contributed by atoms with E-state index in [0.717, 1.165) is 31.7 Å². The molecular weight excluding hydrogens is 250 g/mol. The molecule has 0 atom stereocenters. The minimum absolute atomic E-state index is 0.119. The molecule has 0 fully saturated rings. The van der Waals surface area contributed by atoms with Crippen LogP contribution in [-0.4, -0.2) is 75.0 Å². The van der Waals surface area contributed by atoms with E-state index in [9.17, 15) is 4.79 Å². The molecule has 1 amide bonds. The zero-order valence-electron chi connectivity index (χ0n) is 13.4. The van der Waals surface area contributed by atoms with E-state index in [4.69, 9.17) is 0 Å². The number of benzene rings is 1. The van der Waals surface area contributed by atoms with Crippen LogP contribution in [0.1, 0.15) is 15.9 Å². The zero-order chi connectivity index (χ0) is 15.1. The summed E-state index contributed by atoms with van der Waals surface area (Å²) >= 11 is 0. The van der Waals surface area contributed by atoms with Crippen LogP contribution in [0.4, 0.5) is 0 Å². The minimum Gasteiger partial charge on any atom is -0.336 e. The van der Waals surface area contributed by atoms with Crippen LogP contribution < -0.4 is 0 Å². The van der Waals surface area contributed by atoms with Gasteiger partial charge in [0.15, 0.2) is 0 Å². The van der Waals surface area contributed by atoms with Crippen LogP contribution in [0.25, 0.3) is 0 Å². The molecule has 0 aliphatic carbocycles. The predicted molar refractivity (Wildman–Crippen MR) is 84.2 cm³/mol. The smallest absolute Gasteiger partial charge is 0.253 e. The lowest BCUT2D eigenvalue weighted by Crippen LogP contribution is -2.40. The highest BCUT2D eigenvalue weighted by Crippen LogP contribution is 2.07. The Morgan fingerprint density at radius 3 is 1.70 bits per heavy atom. The highest BCUT2D eigenvalue weighted by molar-refractivity contribution is 5.94. The van der Waals surface area contributed by atoms with Crippen molar-refractivity contribution in [1.82, 2.24) is 14.7 Å². The quantitative estimate of drug-likeness (QED) is 0.757. The van der Waals surface area contributed by atoms with E-state index >= 15 is 0 Å². The number of carbonyl (C=O) groups is 1. The largest absolute Gasteiger partial charge is 0.336 e. The normalized spacial score (nSPS) is 11.2. The van der Waals surface area contributed by atoms with Crippen molar-refractivity contribution in [2.75, 3.05) is 54.4 Å². The molecule has 4 nitrogen and oxygen atoms in total. The third-order valence-corrected chi connectivity index (χ3v) is 3.22. The van der Waals surface area contributed by atoms with Crippen molar-refractivity contribution in [3.05, 3.63) is 35.4 Å².